The van der Waals surface area contributed by atoms with Crippen molar-refractivity contribution >= 4 is 23.0 Å². The summed E-state index contributed by atoms with van der Waals surface area (Å²) in [6.07, 6.45) is 1.50. The molecular weight excluding hydrogens is 244 g/mol. The van der Waals surface area contributed by atoms with Crippen molar-refractivity contribution in [3.63, 3.8) is 0 Å². The van der Waals surface area contributed by atoms with E-state index in [4.69, 9.17) is 5.73 Å². The highest BCUT2D eigenvalue weighted by molar-refractivity contribution is 7.10. The summed E-state index contributed by atoms with van der Waals surface area (Å²) in [5.74, 6) is 1.81. The number of nitrogen functional groups attached to an aromatic ring is 1. The van der Waals surface area contributed by atoms with E-state index >= 15 is 0 Å². The third-order valence-electron chi connectivity index (χ3n) is 2.93. The van der Waals surface area contributed by atoms with Crippen molar-refractivity contribution in [2.24, 2.45) is 5.92 Å². The van der Waals surface area contributed by atoms with Crippen LogP contribution in [-0.2, 0) is 0 Å². The Bertz CT molecular complexity index is 508. The maximum absolute atomic E-state index is 5.80. The van der Waals surface area contributed by atoms with Crippen molar-refractivity contribution in [2.45, 2.75) is 26.8 Å². The third-order valence-corrected chi connectivity index (χ3v) is 3.89. The van der Waals surface area contributed by atoms with Crippen molar-refractivity contribution in [1.82, 2.24) is 9.97 Å². The third kappa shape index (κ3) is 2.61. The predicted octanol–water partition coefficient (Wildman–Crippen LogP) is 3.24. The molecule has 0 fully saturated rings. The van der Waals surface area contributed by atoms with Crippen LogP contribution in [0.3, 0.4) is 0 Å². The average molecular weight is 262 g/mol. The van der Waals surface area contributed by atoms with Crippen LogP contribution >= 0.6 is 11.3 Å². The summed E-state index contributed by atoms with van der Waals surface area (Å²) < 4.78 is 0. The molecule has 4 nitrogen and oxygen atoms in total. The van der Waals surface area contributed by atoms with Crippen LogP contribution in [0.4, 0.5) is 11.6 Å². The molecule has 0 aliphatic carbocycles. The molecular formula is C13H18N4S. The number of thiophene rings is 1. The minimum absolute atomic E-state index is 0.248. The maximum Gasteiger partial charge on any atom is 0.134 e. The molecule has 5 heteroatoms. The SMILES string of the molecule is Cc1c(N)ncnc1NC(c1cccs1)C(C)C. The topological polar surface area (TPSA) is 63.8 Å². The monoisotopic (exact) mass is 262 g/mol. The Labute approximate surface area is 111 Å². The first-order valence-corrected chi connectivity index (χ1v) is 6.84. The number of nitrogens with one attached hydrogen (secondary N) is 1. The van der Waals surface area contributed by atoms with Crippen molar-refractivity contribution in [3.05, 3.63) is 34.3 Å². The molecule has 18 heavy (non-hydrogen) atoms. The summed E-state index contributed by atoms with van der Waals surface area (Å²) in [5.41, 5.74) is 6.71. The number of hydrogen-bond donors (Lipinski definition) is 2. The highest BCUT2D eigenvalue weighted by atomic mass is 32.1. The van der Waals surface area contributed by atoms with E-state index in [9.17, 15) is 0 Å². The molecule has 0 saturated carbocycles. The second-order valence-corrected chi connectivity index (χ2v) is 5.59. The van der Waals surface area contributed by atoms with E-state index in [1.165, 1.54) is 11.2 Å². The molecule has 0 radical (unpaired) electrons. The lowest BCUT2D eigenvalue weighted by atomic mass is 10.0. The van der Waals surface area contributed by atoms with Gasteiger partial charge in [-0.15, -0.1) is 11.3 Å². The van der Waals surface area contributed by atoms with E-state index in [0.717, 1.165) is 11.4 Å². The van der Waals surface area contributed by atoms with Crippen LogP contribution in [0.2, 0.25) is 0 Å². The zero-order chi connectivity index (χ0) is 13.1. The molecule has 0 aliphatic heterocycles. The minimum Gasteiger partial charge on any atom is -0.383 e. The molecule has 2 aromatic rings. The van der Waals surface area contributed by atoms with Crippen molar-refractivity contribution in [2.75, 3.05) is 11.1 Å². The van der Waals surface area contributed by atoms with Gasteiger partial charge in [-0.2, -0.15) is 0 Å². The summed E-state index contributed by atoms with van der Waals surface area (Å²) in [6.45, 7) is 6.32. The summed E-state index contributed by atoms with van der Waals surface area (Å²) in [6, 6.07) is 4.46. The Hall–Kier alpha value is -1.62. The van der Waals surface area contributed by atoms with Crippen LogP contribution in [-0.4, -0.2) is 9.97 Å². The Morgan fingerprint density at radius 2 is 2.11 bits per heavy atom. The Morgan fingerprint density at radius 3 is 2.72 bits per heavy atom. The van der Waals surface area contributed by atoms with E-state index in [0.29, 0.717) is 11.7 Å². The number of anilines is 2. The van der Waals surface area contributed by atoms with Crippen LogP contribution in [0, 0.1) is 12.8 Å². The Balaban J connectivity index is 2.27. The van der Waals surface area contributed by atoms with Gasteiger partial charge in [-0.25, -0.2) is 9.97 Å². The molecule has 96 valence electrons. The first-order chi connectivity index (χ1) is 8.59. The lowest BCUT2D eigenvalue weighted by Gasteiger charge is -2.22. The van der Waals surface area contributed by atoms with Gasteiger partial charge in [-0.05, 0) is 24.3 Å². The molecule has 0 saturated heterocycles. The fourth-order valence-corrected chi connectivity index (χ4v) is 2.74. The van der Waals surface area contributed by atoms with Crippen LogP contribution in [0.25, 0.3) is 0 Å². The van der Waals surface area contributed by atoms with Gasteiger partial charge in [-0.1, -0.05) is 19.9 Å². The van der Waals surface area contributed by atoms with E-state index < -0.39 is 0 Å². The van der Waals surface area contributed by atoms with E-state index in [1.54, 1.807) is 11.3 Å². The van der Waals surface area contributed by atoms with Crippen LogP contribution in [0.5, 0.6) is 0 Å². The molecule has 0 amide bonds. The van der Waals surface area contributed by atoms with Gasteiger partial charge in [0, 0.05) is 10.4 Å². The second-order valence-electron chi connectivity index (χ2n) is 4.61. The van der Waals surface area contributed by atoms with Crippen LogP contribution in [0.1, 0.15) is 30.3 Å². The van der Waals surface area contributed by atoms with Gasteiger partial charge in [0.15, 0.2) is 0 Å². The first-order valence-electron chi connectivity index (χ1n) is 5.96. The fraction of sp³-hybridized carbons (Fsp3) is 0.385. The van der Waals surface area contributed by atoms with Gasteiger partial charge in [0.05, 0.1) is 6.04 Å². The zero-order valence-corrected chi connectivity index (χ0v) is 11.7. The van der Waals surface area contributed by atoms with Gasteiger partial charge >= 0.3 is 0 Å². The highest BCUT2D eigenvalue weighted by Crippen LogP contribution is 2.30. The molecule has 1 atom stereocenters. The molecule has 2 heterocycles. The number of aromatic nitrogens is 2. The quantitative estimate of drug-likeness (QED) is 0.888. The molecule has 2 rings (SSSR count). The van der Waals surface area contributed by atoms with Gasteiger partial charge in [-0.3, -0.25) is 0 Å². The Kier molecular flexibility index (Phi) is 3.81. The molecule has 2 aromatic heterocycles. The smallest absolute Gasteiger partial charge is 0.134 e. The lowest BCUT2D eigenvalue weighted by molar-refractivity contribution is 0.551. The molecule has 3 N–H and O–H groups in total. The lowest BCUT2D eigenvalue weighted by Crippen LogP contribution is -2.17. The summed E-state index contributed by atoms with van der Waals surface area (Å²) >= 11 is 1.75. The Morgan fingerprint density at radius 1 is 1.33 bits per heavy atom. The molecule has 1 unspecified atom stereocenters. The van der Waals surface area contributed by atoms with Gasteiger partial charge in [0.2, 0.25) is 0 Å². The number of hydrogen-bond acceptors (Lipinski definition) is 5. The summed E-state index contributed by atoms with van der Waals surface area (Å²) in [5, 5.41) is 5.56. The maximum atomic E-state index is 5.80. The number of nitrogens with two attached hydrogens (primary N) is 1. The molecule has 0 spiro atoms. The van der Waals surface area contributed by atoms with Crippen LogP contribution in [0.15, 0.2) is 23.8 Å². The predicted molar refractivity (Wildman–Crippen MR) is 76.7 cm³/mol. The standard InChI is InChI=1S/C13H18N4S/c1-8(2)11(10-5-4-6-18-10)17-13-9(3)12(14)15-7-16-13/h4-8,11H,1-3H3,(H3,14,15,16,17). The fourth-order valence-electron chi connectivity index (χ4n) is 1.79. The summed E-state index contributed by atoms with van der Waals surface area (Å²) in [4.78, 5) is 9.56. The molecule has 0 aliphatic rings. The van der Waals surface area contributed by atoms with Gasteiger partial charge in [0.1, 0.15) is 18.0 Å². The highest BCUT2D eigenvalue weighted by Gasteiger charge is 2.18. The molecule has 0 aromatic carbocycles. The molecule has 0 bridgehead atoms. The largest absolute Gasteiger partial charge is 0.383 e. The van der Waals surface area contributed by atoms with Gasteiger partial charge in [0.25, 0.3) is 0 Å². The zero-order valence-electron chi connectivity index (χ0n) is 10.8. The average Bonchev–Trinajstić information content (AvgIpc) is 2.84. The number of nitrogens with zero attached hydrogens (tertiary/aromatic N) is 2. The van der Waals surface area contributed by atoms with Gasteiger partial charge < -0.3 is 11.1 Å². The second kappa shape index (κ2) is 5.35. The first kappa shape index (κ1) is 12.8. The van der Waals surface area contributed by atoms with E-state index in [-0.39, 0.29) is 6.04 Å². The van der Waals surface area contributed by atoms with Crippen molar-refractivity contribution < 1.29 is 0 Å². The van der Waals surface area contributed by atoms with Crippen molar-refractivity contribution in [3.8, 4) is 0 Å². The van der Waals surface area contributed by atoms with Crippen molar-refractivity contribution in [1.29, 1.82) is 0 Å². The number of rotatable bonds is 4. The van der Waals surface area contributed by atoms with Crippen LogP contribution < -0.4 is 11.1 Å². The normalized spacial score (nSPS) is 12.7. The van der Waals surface area contributed by atoms with E-state index in [1.807, 2.05) is 6.92 Å². The van der Waals surface area contributed by atoms with E-state index in [2.05, 4.69) is 46.6 Å². The minimum atomic E-state index is 0.248. The summed E-state index contributed by atoms with van der Waals surface area (Å²) in [7, 11) is 0.